The van der Waals surface area contributed by atoms with Crippen molar-refractivity contribution in [2.45, 2.75) is 9.97 Å². The highest BCUT2D eigenvalue weighted by Crippen LogP contribution is 2.48. The second kappa shape index (κ2) is 2.60. The van der Waals surface area contributed by atoms with Gasteiger partial charge in [0, 0.05) is 22.6 Å². The van der Waals surface area contributed by atoms with Gasteiger partial charge in [-0.15, -0.1) is 0 Å². The van der Waals surface area contributed by atoms with Gasteiger partial charge in [0.15, 0.2) is 0 Å². The summed E-state index contributed by atoms with van der Waals surface area (Å²) in [5.41, 5.74) is 0. The van der Waals surface area contributed by atoms with Crippen molar-refractivity contribution in [1.82, 2.24) is 0 Å². The molecule has 0 saturated carbocycles. The summed E-state index contributed by atoms with van der Waals surface area (Å²) in [4.78, 5) is 0. The summed E-state index contributed by atoms with van der Waals surface area (Å²) in [6.07, 6.45) is -5.00. The van der Waals surface area contributed by atoms with E-state index in [-0.39, 0.29) is 0 Å². The maximum absolute atomic E-state index is 12.0. The third-order valence-electron chi connectivity index (χ3n) is 0.935. The summed E-state index contributed by atoms with van der Waals surface area (Å²) in [6, 6.07) is -4.00. The molecule has 1 aliphatic rings. The zero-order valence-electron chi connectivity index (χ0n) is 5.08. The van der Waals surface area contributed by atoms with Gasteiger partial charge in [0.2, 0.25) is 0 Å². The van der Waals surface area contributed by atoms with Crippen LogP contribution >= 0.6 is 22.6 Å². The molecule has 70 valence electrons. The molecule has 0 saturated heterocycles. The first kappa shape index (κ1) is 9.81. The molecule has 2 nitrogen and oxygen atoms in total. The minimum atomic E-state index is -5.00. The number of alkyl halides is 4. The van der Waals surface area contributed by atoms with Gasteiger partial charge in [0.1, 0.15) is 0 Å². The highest BCUT2D eigenvalue weighted by Gasteiger charge is 2.63. The molecule has 0 bridgehead atoms. The molecule has 1 aliphatic heterocycles. The van der Waals surface area contributed by atoms with Gasteiger partial charge in [-0.2, -0.15) is 22.0 Å². The zero-order chi connectivity index (χ0) is 9.57. The molecular formula is C4F5IO2. The van der Waals surface area contributed by atoms with Crippen molar-refractivity contribution in [1.29, 1.82) is 0 Å². The van der Waals surface area contributed by atoms with Crippen LogP contribution in [0.3, 0.4) is 0 Å². The molecule has 1 rings (SSSR count). The average Bonchev–Trinajstić information content (AvgIpc) is 2.06. The Kier molecular flexibility index (Phi) is 2.13. The van der Waals surface area contributed by atoms with E-state index in [0.717, 1.165) is 0 Å². The largest absolute Gasteiger partial charge is 0.479 e. The van der Waals surface area contributed by atoms with Gasteiger partial charge < -0.3 is 9.47 Å². The molecule has 12 heavy (non-hydrogen) atoms. The van der Waals surface area contributed by atoms with Crippen molar-refractivity contribution >= 4 is 22.6 Å². The summed E-state index contributed by atoms with van der Waals surface area (Å²) in [7, 11) is 0. The van der Waals surface area contributed by atoms with Crippen molar-refractivity contribution in [3.63, 3.8) is 0 Å². The molecule has 0 unspecified atom stereocenters. The lowest BCUT2D eigenvalue weighted by Crippen LogP contribution is -2.40. The van der Waals surface area contributed by atoms with Crippen LogP contribution in [0.2, 0.25) is 0 Å². The smallest absolute Gasteiger partial charge is 0.407 e. The molecule has 0 aromatic rings. The number of rotatable bonds is 0. The van der Waals surface area contributed by atoms with Gasteiger partial charge in [-0.1, -0.05) is 0 Å². The van der Waals surface area contributed by atoms with Crippen LogP contribution in [0.25, 0.3) is 0 Å². The number of hydrogen-bond acceptors (Lipinski definition) is 2. The van der Waals surface area contributed by atoms with Crippen LogP contribution in [0.4, 0.5) is 22.0 Å². The Bertz CT molecular complexity index is 220. The fraction of sp³-hybridized carbons (Fsp3) is 0.500. The number of halogens is 6. The Morgan fingerprint density at radius 2 is 1.42 bits per heavy atom. The molecule has 0 amide bonds. The summed E-state index contributed by atoms with van der Waals surface area (Å²) in [5.74, 6) is 0. The Labute approximate surface area is 76.5 Å². The zero-order valence-corrected chi connectivity index (χ0v) is 7.24. The van der Waals surface area contributed by atoms with E-state index in [4.69, 9.17) is 0 Å². The van der Waals surface area contributed by atoms with Crippen LogP contribution in [-0.2, 0) is 9.47 Å². The first-order valence-electron chi connectivity index (χ1n) is 2.45. The van der Waals surface area contributed by atoms with E-state index in [1.54, 1.807) is 0 Å². The summed E-state index contributed by atoms with van der Waals surface area (Å²) in [5, 5.41) is 0. The standard InChI is InChI=1S/C4F5IO2/c5-1-2(6)12-4(10,11-1)3(7,8)9. The molecule has 0 atom stereocenters. The van der Waals surface area contributed by atoms with Gasteiger partial charge in [0.05, 0.1) is 0 Å². The molecule has 0 aromatic heterocycles. The quantitative estimate of drug-likeness (QED) is 0.389. The normalized spacial score (nSPS) is 22.2. The van der Waals surface area contributed by atoms with E-state index < -0.39 is 22.0 Å². The molecular weight excluding hydrogens is 302 g/mol. The van der Waals surface area contributed by atoms with E-state index in [0.29, 0.717) is 22.6 Å². The van der Waals surface area contributed by atoms with Crippen molar-refractivity contribution in [2.24, 2.45) is 0 Å². The molecule has 0 spiro atoms. The van der Waals surface area contributed by atoms with Crippen molar-refractivity contribution in [3.8, 4) is 0 Å². The summed E-state index contributed by atoms with van der Waals surface area (Å²) < 4.78 is 63.3. The highest BCUT2D eigenvalue weighted by atomic mass is 127. The number of hydrogen-bond donors (Lipinski definition) is 0. The predicted octanol–water partition coefficient (Wildman–Crippen LogP) is 2.75. The molecule has 0 aliphatic carbocycles. The topological polar surface area (TPSA) is 18.5 Å². The molecule has 8 heteroatoms. The third-order valence-corrected chi connectivity index (χ3v) is 1.99. The number of ether oxygens (including phenoxy) is 2. The Morgan fingerprint density at radius 3 is 1.58 bits per heavy atom. The van der Waals surface area contributed by atoms with Crippen molar-refractivity contribution < 1.29 is 31.4 Å². The van der Waals surface area contributed by atoms with Crippen LogP contribution in [-0.4, -0.2) is 9.97 Å². The molecule has 0 fully saturated rings. The van der Waals surface area contributed by atoms with Crippen LogP contribution in [0.1, 0.15) is 0 Å². The van der Waals surface area contributed by atoms with E-state index in [1.807, 2.05) is 0 Å². The third kappa shape index (κ3) is 1.43. The van der Waals surface area contributed by atoms with Crippen molar-refractivity contribution in [2.75, 3.05) is 0 Å². The lowest BCUT2D eigenvalue weighted by Gasteiger charge is -2.22. The highest BCUT2D eigenvalue weighted by molar-refractivity contribution is 14.1. The van der Waals surface area contributed by atoms with E-state index in [2.05, 4.69) is 9.47 Å². The fourth-order valence-corrected chi connectivity index (χ4v) is 0.834. The average molecular weight is 302 g/mol. The van der Waals surface area contributed by atoms with E-state index >= 15 is 0 Å². The Hall–Kier alpha value is -0.280. The van der Waals surface area contributed by atoms with Gasteiger partial charge in [-0.05, 0) is 0 Å². The summed E-state index contributed by atoms with van der Waals surface area (Å²) >= 11 is 0.611. The van der Waals surface area contributed by atoms with Gasteiger partial charge in [0.25, 0.3) is 0 Å². The van der Waals surface area contributed by atoms with Crippen LogP contribution in [0.15, 0.2) is 12.0 Å². The Morgan fingerprint density at radius 1 is 1.08 bits per heavy atom. The van der Waals surface area contributed by atoms with E-state index in [9.17, 15) is 22.0 Å². The van der Waals surface area contributed by atoms with Gasteiger partial charge in [-0.25, -0.2) is 0 Å². The molecule has 1 heterocycles. The second-order valence-corrected chi connectivity index (χ2v) is 3.21. The second-order valence-electron chi connectivity index (χ2n) is 1.79. The lowest BCUT2D eigenvalue weighted by molar-refractivity contribution is -0.287. The minimum Gasteiger partial charge on any atom is -0.407 e. The molecule has 0 N–H and O–H groups in total. The van der Waals surface area contributed by atoms with Crippen molar-refractivity contribution in [3.05, 3.63) is 12.0 Å². The summed E-state index contributed by atoms with van der Waals surface area (Å²) in [6.45, 7) is 0. The van der Waals surface area contributed by atoms with Crippen LogP contribution in [0.5, 0.6) is 0 Å². The lowest BCUT2D eigenvalue weighted by atomic mass is 10.6. The fourth-order valence-electron chi connectivity index (χ4n) is 0.447. The maximum atomic E-state index is 12.0. The first-order valence-corrected chi connectivity index (χ1v) is 3.53. The van der Waals surface area contributed by atoms with Gasteiger partial charge >= 0.3 is 22.0 Å². The van der Waals surface area contributed by atoms with Gasteiger partial charge in [-0.3, -0.25) is 0 Å². The Balaban J connectivity index is 2.84. The minimum absolute atomic E-state index is 0.611. The van der Waals surface area contributed by atoms with E-state index in [1.165, 1.54) is 0 Å². The van der Waals surface area contributed by atoms with Crippen LogP contribution in [0, 0.1) is 0 Å². The maximum Gasteiger partial charge on any atom is 0.479 e. The predicted molar refractivity (Wildman–Crippen MR) is 34.2 cm³/mol. The molecule has 0 radical (unpaired) electrons. The monoisotopic (exact) mass is 302 g/mol. The molecule has 0 aromatic carbocycles. The first-order chi connectivity index (χ1) is 5.26. The SMILES string of the molecule is FC1=C(F)OC(I)(C(F)(F)F)O1. The van der Waals surface area contributed by atoms with Crippen LogP contribution < -0.4 is 0 Å².